The van der Waals surface area contributed by atoms with Crippen molar-refractivity contribution in [1.82, 2.24) is 0 Å². The number of carboxylic acid groups (broad SMARTS) is 1. The SMILES string of the molecule is Cc1cccc(CCCOCCOCCOCCOCCC(=O)O)c1. The quantitative estimate of drug-likeness (QED) is 0.460. The van der Waals surface area contributed by atoms with Crippen LogP contribution in [0.2, 0.25) is 0 Å². The van der Waals surface area contributed by atoms with E-state index in [9.17, 15) is 4.79 Å². The first-order valence-electron chi connectivity index (χ1n) is 8.77. The lowest BCUT2D eigenvalue weighted by Crippen LogP contribution is -2.13. The van der Waals surface area contributed by atoms with Crippen molar-refractivity contribution in [3.8, 4) is 0 Å². The van der Waals surface area contributed by atoms with Gasteiger partial charge in [0.15, 0.2) is 0 Å². The predicted octanol–water partition coefficient (Wildman–Crippen LogP) is 2.47. The molecule has 0 aliphatic rings. The molecule has 0 aliphatic heterocycles. The van der Waals surface area contributed by atoms with Crippen LogP contribution in [0.4, 0.5) is 0 Å². The smallest absolute Gasteiger partial charge is 0.305 e. The molecule has 0 aliphatic carbocycles. The minimum absolute atomic E-state index is 0.0219. The Morgan fingerprint density at radius 3 is 2.00 bits per heavy atom. The highest BCUT2D eigenvalue weighted by Crippen LogP contribution is 2.06. The van der Waals surface area contributed by atoms with Crippen molar-refractivity contribution in [2.45, 2.75) is 26.2 Å². The molecule has 0 saturated heterocycles. The van der Waals surface area contributed by atoms with Crippen molar-refractivity contribution < 1.29 is 28.8 Å². The summed E-state index contributed by atoms with van der Waals surface area (Å²) in [5, 5.41) is 8.43. The molecule has 0 unspecified atom stereocenters. The van der Waals surface area contributed by atoms with Crippen molar-refractivity contribution in [3.63, 3.8) is 0 Å². The summed E-state index contributed by atoms with van der Waals surface area (Å²) >= 11 is 0. The van der Waals surface area contributed by atoms with Gasteiger partial charge in [0, 0.05) is 6.61 Å². The Kier molecular flexibility index (Phi) is 12.8. The zero-order valence-electron chi connectivity index (χ0n) is 15.1. The number of carboxylic acids is 1. The molecule has 6 heteroatoms. The van der Waals surface area contributed by atoms with Crippen molar-refractivity contribution >= 4 is 5.97 Å². The summed E-state index contributed by atoms with van der Waals surface area (Å²) in [6, 6.07) is 8.55. The maximum absolute atomic E-state index is 10.3. The van der Waals surface area contributed by atoms with Gasteiger partial charge in [0.05, 0.1) is 52.7 Å². The highest BCUT2D eigenvalue weighted by molar-refractivity contribution is 5.66. The van der Waals surface area contributed by atoms with Crippen LogP contribution in [-0.4, -0.2) is 63.9 Å². The fourth-order valence-corrected chi connectivity index (χ4v) is 2.17. The number of hydrogen-bond acceptors (Lipinski definition) is 5. The molecule has 0 atom stereocenters. The maximum atomic E-state index is 10.3. The molecule has 0 amide bonds. The number of benzene rings is 1. The van der Waals surface area contributed by atoms with Gasteiger partial charge in [0.25, 0.3) is 0 Å². The minimum Gasteiger partial charge on any atom is -0.481 e. The first-order chi connectivity index (χ1) is 12.2. The van der Waals surface area contributed by atoms with E-state index in [4.69, 9.17) is 24.1 Å². The number of hydrogen-bond donors (Lipinski definition) is 1. The van der Waals surface area contributed by atoms with Crippen molar-refractivity contribution in [2.24, 2.45) is 0 Å². The molecule has 0 bridgehead atoms. The third kappa shape index (κ3) is 13.5. The van der Waals surface area contributed by atoms with Crippen LogP contribution in [0, 0.1) is 6.92 Å². The molecule has 0 spiro atoms. The van der Waals surface area contributed by atoms with E-state index in [1.165, 1.54) is 11.1 Å². The topological polar surface area (TPSA) is 74.2 Å². The third-order valence-electron chi connectivity index (χ3n) is 3.41. The minimum atomic E-state index is -0.855. The molecule has 0 aromatic heterocycles. The molecular weight excluding hydrogens is 324 g/mol. The molecule has 0 saturated carbocycles. The van der Waals surface area contributed by atoms with Gasteiger partial charge in [0.1, 0.15) is 0 Å². The Morgan fingerprint density at radius 2 is 1.44 bits per heavy atom. The second-order valence-corrected chi connectivity index (χ2v) is 5.69. The van der Waals surface area contributed by atoms with Crippen LogP contribution in [0.1, 0.15) is 24.0 Å². The summed E-state index contributed by atoms with van der Waals surface area (Å²) in [4.78, 5) is 10.3. The predicted molar refractivity (Wildman–Crippen MR) is 95.0 cm³/mol. The molecule has 142 valence electrons. The van der Waals surface area contributed by atoms with Gasteiger partial charge in [0.2, 0.25) is 0 Å². The molecule has 1 aromatic carbocycles. The summed E-state index contributed by atoms with van der Waals surface area (Å²) in [7, 11) is 0. The van der Waals surface area contributed by atoms with Crippen LogP contribution in [0.15, 0.2) is 24.3 Å². The highest BCUT2D eigenvalue weighted by Gasteiger charge is 1.97. The summed E-state index contributed by atoms with van der Waals surface area (Å²) in [5.74, 6) is -0.855. The van der Waals surface area contributed by atoms with Crippen LogP contribution in [0.3, 0.4) is 0 Å². The average molecular weight is 354 g/mol. The van der Waals surface area contributed by atoms with E-state index in [1.54, 1.807) is 0 Å². The van der Waals surface area contributed by atoms with E-state index in [0.717, 1.165) is 19.4 Å². The van der Waals surface area contributed by atoms with E-state index >= 15 is 0 Å². The standard InChI is InChI=1S/C19H30O6/c1-17-4-2-5-18(16-17)6-3-8-22-10-12-24-14-15-25-13-11-23-9-7-19(20)21/h2,4-5,16H,3,6-15H2,1H3,(H,20,21). The largest absolute Gasteiger partial charge is 0.481 e. The number of rotatable bonds is 16. The van der Waals surface area contributed by atoms with Crippen LogP contribution < -0.4 is 0 Å². The summed E-state index contributed by atoms with van der Waals surface area (Å²) in [6.45, 7) is 6.06. The van der Waals surface area contributed by atoms with E-state index in [1.807, 2.05) is 0 Å². The first-order valence-corrected chi connectivity index (χ1v) is 8.77. The summed E-state index contributed by atoms with van der Waals surface area (Å²) in [6.07, 6.45) is 2.06. The lowest BCUT2D eigenvalue weighted by molar-refractivity contribution is -0.138. The Labute approximate surface area is 150 Å². The molecule has 25 heavy (non-hydrogen) atoms. The molecule has 6 nitrogen and oxygen atoms in total. The third-order valence-corrected chi connectivity index (χ3v) is 3.41. The molecule has 1 N–H and O–H groups in total. The van der Waals surface area contributed by atoms with Gasteiger partial charge in [-0.2, -0.15) is 0 Å². The average Bonchev–Trinajstić information content (AvgIpc) is 2.58. The maximum Gasteiger partial charge on any atom is 0.305 e. The Morgan fingerprint density at radius 1 is 0.880 bits per heavy atom. The van der Waals surface area contributed by atoms with Gasteiger partial charge in [-0.15, -0.1) is 0 Å². The first kappa shape index (κ1) is 21.6. The summed E-state index contributed by atoms with van der Waals surface area (Å²) in [5.41, 5.74) is 2.64. The van der Waals surface area contributed by atoms with Gasteiger partial charge in [-0.05, 0) is 25.3 Å². The van der Waals surface area contributed by atoms with Crippen molar-refractivity contribution in [3.05, 3.63) is 35.4 Å². The van der Waals surface area contributed by atoms with Gasteiger partial charge in [-0.25, -0.2) is 0 Å². The molecule has 1 aromatic rings. The molecule has 0 radical (unpaired) electrons. The highest BCUT2D eigenvalue weighted by atomic mass is 16.6. The number of carbonyl (C=O) groups is 1. The normalized spacial score (nSPS) is 10.9. The van der Waals surface area contributed by atoms with Crippen LogP contribution in [-0.2, 0) is 30.2 Å². The number of aliphatic carboxylic acids is 1. The van der Waals surface area contributed by atoms with Crippen LogP contribution >= 0.6 is 0 Å². The number of aryl methyl sites for hydroxylation is 2. The molecule has 0 heterocycles. The molecule has 0 fully saturated rings. The monoisotopic (exact) mass is 354 g/mol. The van der Waals surface area contributed by atoms with Crippen LogP contribution in [0.5, 0.6) is 0 Å². The lowest BCUT2D eigenvalue weighted by atomic mass is 10.1. The van der Waals surface area contributed by atoms with Gasteiger partial charge in [-0.1, -0.05) is 29.8 Å². The lowest BCUT2D eigenvalue weighted by Gasteiger charge is -2.07. The fraction of sp³-hybridized carbons (Fsp3) is 0.632. The van der Waals surface area contributed by atoms with Crippen molar-refractivity contribution in [1.29, 1.82) is 0 Å². The van der Waals surface area contributed by atoms with Gasteiger partial charge < -0.3 is 24.1 Å². The Balaban J connectivity index is 1.77. The number of ether oxygens (including phenoxy) is 4. The second-order valence-electron chi connectivity index (χ2n) is 5.69. The van der Waals surface area contributed by atoms with Gasteiger partial charge >= 0.3 is 5.97 Å². The molecule has 1 rings (SSSR count). The fourth-order valence-electron chi connectivity index (χ4n) is 2.17. The molecular formula is C19H30O6. The van der Waals surface area contributed by atoms with E-state index in [-0.39, 0.29) is 13.0 Å². The Hall–Kier alpha value is -1.47. The second kappa shape index (κ2) is 14.8. The Bertz CT molecular complexity index is 463. The van der Waals surface area contributed by atoms with Gasteiger partial charge in [-0.3, -0.25) is 4.79 Å². The zero-order valence-corrected chi connectivity index (χ0v) is 15.1. The van der Waals surface area contributed by atoms with E-state index < -0.39 is 5.97 Å². The van der Waals surface area contributed by atoms with E-state index in [2.05, 4.69) is 31.2 Å². The summed E-state index contributed by atoms with van der Waals surface area (Å²) < 4.78 is 21.4. The zero-order chi connectivity index (χ0) is 18.2. The van der Waals surface area contributed by atoms with Crippen molar-refractivity contribution in [2.75, 3.05) is 52.9 Å². The van der Waals surface area contributed by atoms with Crippen LogP contribution in [0.25, 0.3) is 0 Å². The van der Waals surface area contributed by atoms with E-state index in [0.29, 0.717) is 39.6 Å².